The zero-order valence-corrected chi connectivity index (χ0v) is 7.71. The zero-order valence-electron chi connectivity index (χ0n) is 7.71. The molecule has 0 fully saturated rings. The lowest BCUT2D eigenvalue weighted by atomic mass is 10.1. The molecule has 0 aliphatic rings. The van der Waals surface area contributed by atoms with E-state index in [2.05, 4.69) is 19.1 Å². The molecule has 0 heterocycles. The first-order valence-electron chi connectivity index (χ1n) is 4.42. The van der Waals surface area contributed by atoms with E-state index in [1.807, 2.05) is 25.1 Å². The van der Waals surface area contributed by atoms with Crippen molar-refractivity contribution >= 4 is 0 Å². The van der Waals surface area contributed by atoms with Crippen LogP contribution in [0.1, 0.15) is 25.8 Å². The van der Waals surface area contributed by atoms with E-state index in [9.17, 15) is 0 Å². The molecule has 0 saturated carbocycles. The first kappa shape index (κ1) is 9.27. The van der Waals surface area contributed by atoms with E-state index in [-0.39, 0.29) is 0 Å². The van der Waals surface area contributed by atoms with Gasteiger partial charge in [-0.1, -0.05) is 37.3 Å². The largest absolute Gasteiger partial charge is 0.367 e. The number of hydrogen-bond acceptors (Lipinski definition) is 1. The van der Waals surface area contributed by atoms with Crippen molar-refractivity contribution in [1.82, 2.24) is 0 Å². The molecule has 0 unspecified atom stereocenters. The quantitative estimate of drug-likeness (QED) is 0.663. The molecule has 0 amide bonds. The van der Waals surface area contributed by atoms with Gasteiger partial charge in [-0.2, -0.15) is 0 Å². The van der Waals surface area contributed by atoms with Gasteiger partial charge in [0.05, 0.1) is 0 Å². The van der Waals surface area contributed by atoms with Gasteiger partial charge in [0.2, 0.25) is 0 Å². The number of hydrogen-bond donors (Lipinski definition) is 0. The van der Waals surface area contributed by atoms with E-state index < -0.39 is 0 Å². The fourth-order valence-corrected chi connectivity index (χ4v) is 1.19. The van der Waals surface area contributed by atoms with Gasteiger partial charge in [0.15, 0.2) is 0 Å². The Morgan fingerprint density at radius 1 is 1.17 bits per heavy atom. The summed E-state index contributed by atoms with van der Waals surface area (Å²) in [6.07, 6.45) is 2.04. The number of rotatable bonds is 4. The molecule has 1 heteroatoms. The minimum atomic E-state index is 0.748. The summed E-state index contributed by atoms with van der Waals surface area (Å²) in [5, 5.41) is 0. The van der Waals surface area contributed by atoms with Gasteiger partial charge in [-0.05, 0) is 18.9 Å². The van der Waals surface area contributed by atoms with Gasteiger partial charge in [0, 0.05) is 6.61 Å². The number of ether oxygens (including phenoxy) is 1. The first-order valence-corrected chi connectivity index (χ1v) is 4.42. The lowest BCUT2D eigenvalue weighted by molar-refractivity contribution is 0.169. The summed E-state index contributed by atoms with van der Waals surface area (Å²) in [5.74, 6) is 0. The van der Waals surface area contributed by atoms with E-state index in [0.717, 1.165) is 19.1 Å². The highest BCUT2D eigenvalue weighted by atomic mass is 16.5. The molecule has 1 rings (SSSR count). The van der Waals surface area contributed by atoms with Crippen molar-refractivity contribution in [2.75, 3.05) is 6.61 Å². The Bertz CT molecular complexity index is 206. The number of benzene rings is 1. The van der Waals surface area contributed by atoms with Crippen molar-refractivity contribution < 1.29 is 4.74 Å². The minimum Gasteiger partial charge on any atom is -0.367 e. The SMILES string of the molecule is CCO[C](CC)c1ccccc1. The van der Waals surface area contributed by atoms with Crippen molar-refractivity contribution in [2.45, 2.75) is 20.3 Å². The van der Waals surface area contributed by atoms with Crippen LogP contribution in [0.15, 0.2) is 30.3 Å². The van der Waals surface area contributed by atoms with Crippen molar-refractivity contribution in [1.29, 1.82) is 0 Å². The monoisotopic (exact) mass is 163 g/mol. The maximum absolute atomic E-state index is 5.49. The van der Waals surface area contributed by atoms with Crippen LogP contribution in [0, 0.1) is 6.10 Å². The molecule has 0 aliphatic carbocycles. The molecule has 1 aromatic carbocycles. The first-order chi connectivity index (χ1) is 5.88. The summed E-state index contributed by atoms with van der Waals surface area (Å²) < 4.78 is 5.49. The fraction of sp³-hybridized carbons (Fsp3) is 0.364. The Labute approximate surface area is 74.4 Å². The predicted octanol–water partition coefficient (Wildman–Crippen LogP) is 3.01. The van der Waals surface area contributed by atoms with Crippen molar-refractivity contribution in [3.05, 3.63) is 42.0 Å². The summed E-state index contributed by atoms with van der Waals surface area (Å²) in [5.41, 5.74) is 1.20. The van der Waals surface area contributed by atoms with Gasteiger partial charge in [-0.25, -0.2) is 0 Å². The van der Waals surface area contributed by atoms with Crippen LogP contribution in [0.3, 0.4) is 0 Å². The molecule has 65 valence electrons. The van der Waals surface area contributed by atoms with Crippen LogP contribution >= 0.6 is 0 Å². The molecule has 0 aromatic heterocycles. The lowest BCUT2D eigenvalue weighted by Crippen LogP contribution is -2.03. The molecular weight excluding hydrogens is 148 g/mol. The highest BCUT2D eigenvalue weighted by Crippen LogP contribution is 2.18. The van der Waals surface area contributed by atoms with Crippen molar-refractivity contribution in [3.8, 4) is 0 Å². The van der Waals surface area contributed by atoms with E-state index in [1.165, 1.54) is 5.56 Å². The molecule has 12 heavy (non-hydrogen) atoms. The highest BCUT2D eigenvalue weighted by molar-refractivity contribution is 5.26. The van der Waals surface area contributed by atoms with Crippen LogP contribution in [-0.4, -0.2) is 6.61 Å². The molecule has 0 atom stereocenters. The molecule has 0 N–H and O–H groups in total. The Hall–Kier alpha value is -0.820. The van der Waals surface area contributed by atoms with Gasteiger partial charge >= 0.3 is 0 Å². The second kappa shape index (κ2) is 4.94. The maximum atomic E-state index is 5.49. The summed E-state index contributed by atoms with van der Waals surface area (Å²) in [4.78, 5) is 0. The summed E-state index contributed by atoms with van der Waals surface area (Å²) in [6, 6.07) is 10.2. The van der Waals surface area contributed by atoms with Gasteiger partial charge < -0.3 is 4.74 Å². The summed E-state index contributed by atoms with van der Waals surface area (Å²) in [6.45, 7) is 4.87. The lowest BCUT2D eigenvalue weighted by Gasteiger charge is -2.13. The van der Waals surface area contributed by atoms with Gasteiger partial charge in [0.1, 0.15) is 6.10 Å². The average Bonchev–Trinajstić information content (AvgIpc) is 2.15. The Kier molecular flexibility index (Phi) is 3.81. The van der Waals surface area contributed by atoms with Crippen LogP contribution in [-0.2, 0) is 4.74 Å². The van der Waals surface area contributed by atoms with E-state index >= 15 is 0 Å². The highest BCUT2D eigenvalue weighted by Gasteiger charge is 2.08. The molecule has 0 bridgehead atoms. The van der Waals surface area contributed by atoms with Crippen LogP contribution < -0.4 is 0 Å². The smallest absolute Gasteiger partial charge is 0.126 e. The van der Waals surface area contributed by atoms with Crippen molar-refractivity contribution in [3.63, 3.8) is 0 Å². The molecule has 0 aliphatic heterocycles. The van der Waals surface area contributed by atoms with Crippen LogP contribution in [0.25, 0.3) is 0 Å². The molecule has 0 saturated heterocycles. The Morgan fingerprint density at radius 3 is 2.33 bits per heavy atom. The summed E-state index contributed by atoms with van der Waals surface area (Å²) >= 11 is 0. The van der Waals surface area contributed by atoms with Crippen LogP contribution in [0.5, 0.6) is 0 Å². The molecule has 1 nitrogen and oxygen atoms in total. The Morgan fingerprint density at radius 2 is 1.83 bits per heavy atom. The minimum absolute atomic E-state index is 0.748. The van der Waals surface area contributed by atoms with Gasteiger partial charge in [-0.15, -0.1) is 0 Å². The van der Waals surface area contributed by atoms with Gasteiger partial charge in [-0.3, -0.25) is 0 Å². The molecule has 0 spiro atoms. The third-order valence-corrected chi connectivity index (χ3v) is 1.74. The fourth-order valence-electron chi connectivity index (χ4n) is 1.19. The third-order valence-electron chi connectivity index (χ3n) is 1.74. The van der Waals surface area contributed by atoms with Gasteiger partial charge in [0.25, 0.3) is 0 Å². The topological polar surface area (TPSA) is 9.23 Å². The second-order valence-electron chi connectivity index (χ2n) is 2.58. The molecular formula is C11H15O. The Balaban J connectivity index is 2.66. The zero-order chi connectivity index (χ0) is 8.81. The third kappa shape index (κ3) is 2.35. The standard InChI is InChI=1S/C11H15O/c1-3-11(12-4-2)10-8-6-5-7-9-10/h5-9H,3-4H2,1-2H3. The molecule has 1 radical (unpaired) electrons. The van der Waals surface area contributed by atoms with Crippen LogP contribution in [0.2, 0.25) is 0 Å². The second-order valence-corrected chi connectivity index (χ2v) is 2.58. The van der Waals surface area contributed by atoms with E-state index in [1.54, 1.807) is 0 Å². The molecule has 1 aromatic rings. The van der Waals surface area contributed by atoms with Crippen LogP contribution in [0.4, 0.5) is 0 Å². The van der Waals surface area contributed by atoms with E-state index in [4.69, 9.17) is 4.74 Å². The maximum Gasteiger partial charge on any atom is 0.126 e. The van der Waals surface area contributed by atoms with Crippen molar-refractivity contribution in [2.24, 2.45) is 0 Å². The van der Waals surface area contributed by atoms with E-state index in [0.29, 0.717) is 0 Å². The summed E-state index contributed by atoms with van der Waals surface area (Å²) in [7, 11) is 0. The predicted molar refractivity (Wildman–Crippen MR) is 50.7 cm³/mol. The normalized spacial score (nSPS) is 10.6. The average molecular weight is 163 g/mol.